The molecule has 2 nitrogen and oxygen atoms in total. The second kappa shape index (κ2) is 11.5. The van der Waals surface area contributed by atoms with E-state index in [1.54, 1.807) is 0 Å². The Morgan fingerprint density at radius 1 is 0.800 bits per heavy atom. The number of carbonyl (C=O) groups is 1. The molecular weight excluding hydrogens is 248 g/mol. The molecule has 0 aliphatic heterocycles. The lowest BCUT2D eigenvalue weighted by Gasteiger charge is -2.02. The summed E-state index contributed by atoms with van der Waals surface area (Å²) >= 11 is 0. The van der Waals surface area contributed by atoms with Crippen molar-refractivity contribution in [2.75, 3.05) is 6.61 Å². The molecule has 0 aliphatic rings. The molecule has 0 bridgehead atoms. The molecule has 0 saturated heterocycles. The summed E-state index contributed by atoms with van der Waals surface area (Å²) in [5.41, 5.74) is 4.23. The number of esters is 1. The minimum absolute atomic E-state index is 0.203. The highest BCUT2D eigenvalue weighted by Gasteiger charge is 1.93. The zero-order valence-corrected chi connectivity index (χ0v) is 13.8. The summed E-state index contributed by atoms with van der Waals surface area (Å²) in [7, 11) is 0. The lowest BCUT2D eigenvalue weighted by atomic mass is 10.1. The maximum Gasteiger partial charge on any atom is 0.302 e. The van der Waals surface area contributed by atoms with Crippen LogP contribution in [0.1, 0.15) is 66.7 Å². The van der Waals surface area contributed by atoms with Gasteiger partial charge in [0.15, 0.2) is 0 Å². The first kappa shape index (κ1) is 18.7. The van der Waals surface area contributed by atoms with Crippen molar-refractivity contribution in [3.8, 4) is 0 Å². The van der Waals surface area contributed by atoms with Crippen LogP contribution < -0.4 is 0 Å². The monoisotopic (exact) mass is 278 g/mol. The van der Waals surface area contributed by atoms with E-state index in [4.69, 9.17) is 4.74 Å². The van der Waals surface area contributed by atoms with E-state index in [1.807, 2.05) is 0 Å². The minimum atomic E-state index is -0.203. The Morgan fingerprint density at radius 2 is 1.30 bits per heavy atom. The van der Waals surface area contributed by atoms with Gasteiger partial charge in [0.1, 0.15) is 0 Å². The van der Waals surface area contributed by atoms with E-state index >= 15 is 0 Å². The van der Waals surface area contributed by atoms with Gasteiger partial charge in [0.25, 0.3) is 0 Å². The molecule has 20 heavy (non-hydrogen) atoms. The SMILES string of the molecule is CC(=O)OCC/C=C(/C)CC/C=C(/C)CCC=C(C)C. The number of allylic oxidation sites excluding steroid dienone is 5. The van der Waals surface area contributed by atoms with Crippen molar-refractivity contribution in [2.45, 2.75) is 66.7 Å². The predicted molar refractivity (Wildman–Crippen MR) is 86.7 cm³/mol. The summed E-state index contributed by atoms with van der Waals surface area (Å²) in [6.07, 6.45) is 12.1. The summed E-state index contributed by atoms with van der Waals surface area (Å²) in [6.45, 7) is 10.6. The molecular formula is C18H30O2. The molecule has 0 aromatic rings. The molecule has 0 amide bonds. The fraction of sp³-hybridized carbons (Fsp3) is 0.611. The third-order valence-electron chi connectivity index (χ3n) is 3.04. The van der Waals surface area contributed by atoms with Gasteiger partial charge in [-0.3, -0.25) is 4.79 Å². The fourth-order valence-electron chi connectivity index (χ4n) is 1.85. The lowest BCUT2D eigenvalue weighted by Crippen LogP contribution is -1.99. The number of ether oxygens (including phenoxy) is 1. The average molecular weight is 278 g/mol. The first-order valence-corrected chi connectivity index (χ1v) is 7.49. The highest BCUT2D eigenvalue weighted by Crippen LogP contribution is 2.11. The molecule has 0 saturated carbocycles. The summed E-state index contributed by atoms with van der Waals surface area (Å²) in [5.74, 6) is -0.203. The molecule has 0 spiro atoms. The first-order chi connectivity index (χ1) is 9.41. The molecule has 0 aromatic carbocycles. The van der Waals surface area contributed by atoms with Gasteiger partial charge in [0.2, 0.25) is 0 Å². The van der Waals surface area contributed by atoms with E-state index in [0.29, 0.717) is 6.61 Å². The number of hydrogen-bond donors (Lipinski definition) is 0. The molecule has 0 aliphatic carbocycles. The highest BCUT2D eigenvalue weighted by atomic mass is 16.5. The molecule has 0 N–H and O–H groups in total. The van der Waals surface area contributed by atoms with Crippen LogP contribution in [0.5, 0.6) is 0 Å². The van der Waals surface area contributed by atoms with Crippen LogP contribution in [0.4, 0.5) is 0 Å². The van der Waals surface area contributed by atoms with Crippen molar-refractivity contribution in [1.82, 2.24) is 0 Å². The van der Waals surface area contributed by atoms with Gasteiger partial charge in [0.05, 0.1) is 6.61 Å². The van der Waals surface area contributed by atoms with Crippen LogP contribution in [0.3, 0.4) is 0 Å². The third kappa shape index (κ3) is 13.1. The van der Waals surface area contributed by atoms with Gasteiger partial charge in [-0.15, -0.1) is 0 Å². The smallest absolute Gasteiger partial charge is 0.302 e. The molecule has 2 heteroatoms. The van der Waals surface area contributed by atoms with Crippen LogP contribution in [0, 0.1) is 0 Å². The number of hydrogen-bond acceptors (Lipinski definition) is 2. The molecule has 0 atom stereocenters. The molecule has 0 heterocycles. The van der Waals surface area contributed by atoms with Crippen molar-refractivity contribution in [1.29, 1.82) is 0 Å². The lowest BCUT2D eigenvalue weighted by molar-refractivity contribution is -0.140. The van der Waals surface area contributed by atoms with E-state index in [0.717, 1.165) is 32.1 Å². The molecule has 0 rings (SSSR count). The van der Waals surface area contributed by atoms with Gasteiger partial charge in [-0.25, -0.2) is 0 Å². The van der Waals surface area contributed by atoms with Gasteiger partial charge in [0, 0.05) is 6.92 Å². The van der Waals surface area contributed by atoms with E-state index < -0.39 is 0 Å². The summed E-state index contributed by atoms with van der Waals surface area (Å²) in [6, 6.07) is 0. The fourth-order valence-corrected chi connectivity index (χ4v) is 1.85. The van der Waals surface area contributed by atoms with Crippen LogP contribution >= 0.6 is 0 Å². The van der Waals surface area contributed by atoms with Crippen molar-refractivity contribution < 1.29 is 9.53 Å². The second-order valence-corrected chi connectivity index (χ2v) is 5.59. The molecule has 0 radical (unpaired) electrons. The molecule has 114 valence electrons. The maximum atomic E-state index is 10.6. The average Bonchev–Trinajstić information content (AvgIpc) is 2.34. The van der Waals surface area contributed by atoms with Gasteiger partial charge in [-0.1, -0.05) is 34.9 Å². The third-order valence-corrected chi connectivity index (χ3v) is 3.04. The maximum absolute atomic E-state index is 10.6. The van der Waals surface area contributed by atoms with E-state index in [9.17, 15) is 4.79 Å². The van der Waals surface area contributed by atoms with Gasteiger partial charge in [-0.2, -0.15) is 0 Å². The van der Waals surface area contributed by atoms with Gasteiger partial charge in [-0.05, 0) is 59.8 Å². The van der Waals surface area contributed by atoms with E-state index in [2.05, 4.69) is 45.9 Å². The Balaban J connectivity index is 3.82. The predicted octanol–water partition coefficient (Wildman–Crippen LogP) is 5.36. The van der Waals surface area contributed by atoms with Crippen LogP contribution in [0.15, 0.2) is 34.9 Å². The summed E-state index contributed by atoms with van der Waals surface area (Å²) in [5, 5.41) is 0. The standard InChI is InChI=1S/C18H30O2/c1-15(2)9-6-10-16(3)11-7-12-17(4)13-8-14-20-18(5)19/h9,11,13H,6-8,10,12,14H2,1-5H3/b16-11-,17-13-. The van der Waals surface area contributed by atoms with Crippen LogP contribution in [0.25, 0.3) is 0 Å². The topological polar surface area (TPSA) is 26.3 Å². The number of carbonyl (C=O) groups excluding carboxylic acids is 1. The Bertz CT molecular complexity index is 369. The zero-order valence-electron chi connectivity index (χ0n) is 13.8. The van der Waals surface area contributed by atoms with Crippen molar-refractivity contribution in [3.05, 3.63) is 34.9 Å². The molecule has 0 fully saturated rings. The highest BCUT2D eigenvalue weighted by molar-refractivity contribution is 5.65. The Kier molecular flexibility index (Phi) is 10.8. The largest absolute Gasteiger partial charge is 0.466 e. The Morgan fingerprint density at radius 3 is 1.80 bits per heavy atom. The van der Waals surface area contributed by atoms with E-state index in [-0.39, 0.29) is 5.97 Å². The molecule has 0 unspecified atom stereocenters. The van der Waals surface area contributed by atoms with Crippen LogP contribution in [-0.4, -0.2) is 12.6 Å². The van der Waals surface area contributed by atoms with Gasteiger partial charge >= 0.3 is 5.97 Å². The first-order valence-electron chi connectivity index (χ1n) is 7.49. The zero-order chi connectivity index (χ0) is 15.4. The van der Waals surface area contributed by atoms with E-state index in [1.165, 1.54) is 23.6 Å². The van der Waals surface area contributed by atoms with Crippen LogP contribution in [0.2, 0.25) is 0 Å². The summed E-state index contributed by atoms with van der Waals surface area (Å²) < 4.78 is 4.90. The minimum Gasteiger partial charge on any atom is -0.466 e. The summed E-state index contributed by atoms with van der Waals surface area (Å²) in [4.78, 5) is 10.6. The Labute approximate surface area is 124 Å². The quantitative estimate of drug-likeness (QED) is 0.322. The molecule has 0 aromatic heterocycles. The van der Waals surface area contributed by atoms with Crippen molar-refractivity contribution in [3.63, 3.8) is 0 Å². The van der Waals surface area contributed by atoms with Crippen LogP contribution in [-0.2, 0) is 9.53 Å². The van der Waals surface area contributed by atoms with Gasteiger partial charge < -0.3 is 4.74 Å². The van der Waals surface area contributed by atoms with Crippen molar-refractivity contribution >= 4 is 5.97 Å². The van der Waals surface area contributed by atoms with Crippen molar-refractivity contribution in [2.24, 2.45) is 0 Å². The second-order valence-electron chi connectivity index (χ2n) is 5.59. The number of rotatable bonds is 9. The Hall–Kier alpha value is -1.31. The normalized spacial score (nSPS) is 12.2.